The normalized spacial score (nSPS) is 16.1. The Bertz CT molecular complexity index is 662. The molecule has 1 N–H and O–H groups in total. The van der Waals surface area contributed by atoms with Crippen molar-refractivity contribution in [3.05, 3.63) is 65.5 Å². The molecular weight excluding hydrogens is 265 g/mol. The van der Waals surface area contributed by atoms with E-state index in [-0.39, 0.29) is 11.7 Å². The van der Waals surface area contributed by atoms with Crippen LogP contribution in [-0.2, 0) is 10.2 Å². The topological polar surface area (TPSA) is 29.1 Å². The number of halogens is 1. The van der Waals surface area contributed by atoms with Crippen molar-refractivity contribution in [2.24, 2.45) is 0 Å². The van der Waals surface area contributed by atoms with E-state index in [9.17, 15) is 9.18 Å². The van der Waals surface area contributed by atoms with Gasteiger partial charge in [0.25, 0.3) is 0 Å². The Morgan fingerprint density at radius 1 is 1.14 bits per heavy atom. The standard InChI is InChI=1S/C18H18FNO/c1-13-8-9-15(19)12-16(13)20-17(21)18(10-5-11-18)14-6-3-2-4-7-14/h2-4,6-9,12H,5,10-11H2,1H3,(H,20,21). The van der Waals surface area contributed by atoms with Gasteiger partial charge in [0.2, 0.25) is 5.91 Å². The van der Waals surface area contributed by atoms with Crippen molar-refractivity contribution in [3.63, 3.8) is 0 Å². The van der Waals surface area contributed by atoms with Crippen LogP contribution in [0.3, 0.4) is 0 Å². The Labute approximate surface area is 124 Å². The fraction of sp³-hybridized carbons (Fsp3) is 0.278. The van der Waals surface area contributed by atoms with Gasteiger partial charge in [-0.15, -0.1) is 0 Å². The number of anilines is 1. The maximum atomic E-state index is 13.4. The number of aryl methyl sites for hydroxylation is 1. The van der Waals surface area contributed by atoms with E-state index in [1.54, 1.807) is 6.07 Å². The third-order valence-corrected chi connectivity index (χ3v) is 4.42. The van der Waals surface area contributed by atoms with Crippen molar-refractivity contribution >= 4 is 11.6 Å². The monoisotopic (exact) mass is 283 g/mol. The lowest BCUT2D eigenvalue weighted by molar-refractivity contribution is -0.124. The van der Waals surface area contributed by atoms with Crippen LogP contribution in [0.25, 0.3) is 0 Å². The van der Waals surface area contributed by atoms with Gasteiger partial charge < -0.3 is 5.32 Å². The van der Waals surface area contributed by atoms with Crippen molar-refractivity contribution in [3.8, 4) is 0 Å². The summed E-state index contributed by atoms with van der Waals surface area (Å²) in [5.74, 6) is -0.369. The van der Waals surface area contributed by atoms with Gasteiger partial charge in [0, 0.05) is 5.69 Å². The smallest absolute Gasteiger partial charge is 0.235 e. The number of nitrogens with one attached hydrogen (secondary N) is 1. The van der Waals surface area contributed by atoms with Crippen LogP contribution in [-0.4, -0.2) is 5.91 Å². The number of rotatable bonds is 3. The Morgan fingerprint density at radius 3 is 2.48 bits per heavy atom. The van der Waals surface area contributed by atoms with Gasteiger partial charge >= 0.3 is 0 Å². The van der Waals surface area contributed by atoms with E-state index < -0.39 is 5.41 Å². The summed E-state index contributed by atoms with van der Waals surface area (Å²) < 4.78 is 13.4. The Hall–Kier alpha value is -2.16. The highest BCUT2D eigenvalue weighted by Gasteiger charge is 2.45. The van der Waals surface area contributed by atoms with Crippen LogP contribution >= 0.6 is 0 Å². The van der Waals surface area contributed by atoms with Gasteiger partial charge in [0.05, 0.1) is 5.41 Å². The van der Waals surface area contributed by atoms with Crippen molar-refractivity contribution in [1.82, 2.24) is 0 Å². The second-order valence-corrected chi connectivity index (χ2v) is 5.72. The quantitative estimate of drug-likeness (QED) is 0.899. The number of hydrogen-bond acceptors (Lipinski definition) is 1. The predicted molar refractivity (Wildman–Crippen MR) is 81.7 cm³/mol. The van der Waals surface area contributed by atoms with Crippen LogP contribution in [0.5, 0.6) is 0 Å². The van der Waals surface area contributed by atoms with Gasteiger partial charge in [-0.1, -0.05) is 42.8 Å². The summed E-state index contributed by atoms with van der Waals surface area (Å²) in [5, 5.41) is 2.91. The molecule has 108 valence electrons. The number of carbonyl (C=O) groups is 1. The van der Waals surface area contributed by atoms with E-state index in [0.29, 0.717) is 5.69 Å². The highest BCUT2D eigenvalue weighted by molar-refractivity contribution is 6.00. The van der Waals surface area contributed by atoms with Crippen LogP contribution in [0.1, 0.15) is 30.4 Å². The molecule has 1 aliphatic rings. The summed E-state index contributed by atoms with van der Waals surface area (Å²) in [6.07, 6.45) is 2.73. The van der Waals surface area contributed by atoms with Crippen molar-refractivity contribution < 1.29 is 9.18 Å². The van der Waals surface area contributed by atoms with Crippen LogP contribution in [0.15, 0.2) is 48.5 Å². The fourth-order valence-electron chi connectivity index (χ4n) is 2.91. The highest BCUT2D eigenvalue weighted by Crippen LogP contribution is 2.44. The summed E-state index contributed by atoms with van der Waals surface area (Å²) in [6.45, 7) is 1.87. The molecule has 1 saturated carbocycles. The zero-order valence-corrected chi connectivity index (χ0v) is 12.0. The van der Waals surface area contributed by atoms with Gasteiger partial charge in [-0.3, -0.25) is 4.79 Å². The first-order chi connectivity index (χ1) is 10.1. The van der Waals surface area contributed by atoms with E-state index >= 15 is 0 Å². The molecule has 2 aromatic carbocycles. The molecule has 2 aromatic rings. The summed E-state index contributed by atoms with van der Waals surface area (Å²) in [7, 11) is 0. The first-order valence-electron chi connectivity index (χ1n) is 7.25. The molecule has 1 fully saturated rings. The number of carbonyl (C=O) groups excluding carboxylic acids is 1. The molecule has 0 spiro atoms. The molecule has 2 nitrogen and oxygen atoms in total. The number of amides is 1. The van der Waals surface area contributed by atoms with Crippen LogP contribution in [0.4, 0.5) is 10.1 Å². The minimum Gasteiger partial charge on any atom is -0.325 e. The van der Waals surface area contributed by atoms with E-state index in [1.165, 1.54) is 12.1 Å². The molecule has 0 saturated heterocycles. The first-order valence-corrected chi connectivity index (χ1v) is 7.25. The van der Waals surface area contributed by atoms with Gasteiger partial charge in [0.1, 0.15) is 5.82 Å². The summed E-state index contributed by atoms with van der Waals surface area (Å²) in [6, 6.07) is 14.3. The minimum atomic E-state index is -0.458. The minimum absolute atomic E-state index is 0.0337. The molecular formula is C18H18FNO. The lowest BCUT2D eigenvalue weighted by Crippen LogP contribution is -2.46. The summed E-state index contributed by atoms with van der Waals surface area (Å²) in [4.78, 5) is 12.7. The Morgan fingerprint density at radius 2 is 1.86 bits per heavy atom. The third-order valence-electron chi connectivity index (χ3n) is 4.42. The lowest BCUT2D eigenvalue weighted by atomic mass is 9.64. The van der Waals surface area contributed by atoms with Gasteiger partial charge in [-0.25, -0.2) is 4.39 Å². The number of hydrogen-bond donors (Lipinski definition) is 1. The van der Waals surface area contributed by atoms with E-state index in [2.05, 4.69) is 5.32 Å². The van der Waals surface area contributed by atoms with Gasteiger partial charge in [0.15, 0.2) is 0 Å². The second-order valence-electron chi connectivity index (χ2n) is 5.72. The van der Waals surface area contributed by atoms with E-state index in [0.717, 1.165) is 30.4 Å². The third kappa shape index (κ3) is 2.44. The molecule has 0 heterocycles. The SMILES string of the molecule is Cc1ccc(F)cc1NC(=O)C1(c2ccccc2)CCC1. The van der Waals surface area contributed by atoms with E-state index in [1.807, 2.05) is 37.3 Å². The maximum absolute atomic E-state index is 13.4. The van der Waals surface area contributed by atoms with Crippen LogP contribution < -0.4 is 5.32 Å². The zero-order valence-electron chi connectivity index (χ0n) is 12.0. The second kappa shape index (κ2) is 5.32. The molecule has 1 aliphatic carbocycles. The average molecular weight is 283 g/mol. The number of benzene rings is 2. The molecule has 1 amide bonds. The van der Waals surface area contributed by atoms with Crippen molar-refractivity contribution in [2.45, 2.75) is 31.6 Å². The molecule has 0 atom stereocenters. The van der Waals surface area contributed by atoms with Crippen molar-refractivity contribution in [1.29, 1.82) is 0 Å². The Balaban J connectivity index is 1.89. The maximum Gasteiger partial charge on any atom is 0.235 e. The summed E-state index contributed by atoms with van der Waals surface area (Å²) in [5.41, 5.74) is 2.01. The molecule has 3 rings (SSSR count). The molecule has 0 aromatic heterocycles. The summed E-state index contributed by atoms with van der Waals surface area (Å²) >= 11 is 0. The van der Waals surface area contributed by atoms with Gasteiger partial charge in [-0.05, 0) is 43.0 Å². The Kier molecular flexibility index (Phi) is 3.50. The highest BCUT2D eigenvalue weighted by atomic mass is 19.1. The average Bonchev–Trinajstić information content (AvgIpc) is 2.43. The predicted octanol–water partition coefficient (Wildman–Crippen LogP) is 4.19. The van der Waals surface area contributed by atoms with Crippen molar-refractivity contribution in [2.75, 3.05) is 5.32 Å². The molecule has 0 aliphatic heterocycles. The van der Waals surface area contributed by atoms with E-state index in [4.69, 9.17) is 0 Å². The molecule has 0 bridgehead atoms. The zero-order chi connectivity index (χ0) is 14.9. The molecule has 0 unspecified atom stereocenters. The lowest BCUT2D eigenvalue weighted by Gasteiger charge is -2.40. The van der Waals surface area contributed by atoms with Crippen LogP contribution in [0.2, 0.25) is 0 Å². The largest absolute Gasteiger partial charge is 0.325 e. The molecule has 3 heteroatoms. The van der Waals surface area contributed by atoms with Gasteiger partial charge in [-0.2, -0.15) is 0 Å². The fourth-order valence-corrected chi connectivity index (χ4v) is 2.91. The molecule has 0 radical (unpaired) electrons. The molecule has 21 heavy (non-hydrogen) atoms. The first kappa shape index (κ1) is 13.8. The van der Waals surface area contributed by atoms with Crippen LogP contribution in [0, 0.1) is 12.7 Å².